The van der Waals surface area contributed by atoms with Crippen molar-refractivity contribution in [1.29, 1.82) is 5.41 Å². The first-order valence-corrected chi connectivity index (χ1v) is 4.35. The van der Waals surface area contributed by atoms with Crippen LogP contribution in [0.15, 0.2) is 21.3 Å². The molecule has 0 unspecified atom stereocenters. The topological polar surface area (TPSA) is 62.8 Å². The van der Waals surface area contributed by atoms with Gasteiger partial charge in [0.05, 0.1) is 0 Å². The monoisotopic (exact) mass is 313 g/mol. The maximum absolute atomic E-state index is 7.21. The fourth-order valence-electron chi connectivity index (χ4n) is 0.669. The molecule has 1 heterocycles. The van der Waals surface area contributed by atoms with Crippen molar-refractivity contribution < 1.29 is 0 Å². The van der Waals surface area contributed by atoms with Crippen LogP contribution < -0.4 is 5.73 Å². The van der Waals surface area contributed by atoms with Gasteiger partial charge in [-0.3, -0.25) is 10.4 Å². The number of amidine groups is 1. The van der Waals surface area contributed by atoms with Crippen LogP contribution in [0.1, 0.15) is 5.56 Å². The molecule has 1 aromatic rings. The smallest absolute Gasteiger partial charge is 0.125 e. The van der Waals surface area contributed by atoms with Crippen molar-refractivity contribution in [2.24, 2.45) is 5.73 Å². The minimum Gasteiger partial charge on any atom is -0.384 e. The zero-order valence-electron chi connectivity index (χ0n) is 5.84. The first-order valence-electron chi connectivity index (χ1n) is 2.76. The van der Waals surface area contributed by atoms with Crippen LogP contribution in [-0.4, -0.2) is 10.8 Å². The Balaban J connectivity index is 0.00000121. The van der Waals surface area contributed by atoms with Crippen LogP contribution in [0.25, 0.3) is 0 Å². The third kappa shape index (κ3) is 2.43. The molecule has 1 aromatic heterocycles. The molecule has 12 heavy (non-hydrogen) atoms. The van der Waals surface area contributed by atoms with Crippen molar-refractivity contribution in [2.45, 2.75) is 0 Å². The van der Waals surface area contributed by atoms with Crippen molar-refractivity contribution in [3.8, 4) is 0 Å². The third-order valence-electron chi connectivity index (χ3n) is 1.12. The fraction of sp³-hybridized carbons (Fsp3) is 0. The van der Waals surface area contributed by atoms with Gasteiger partial charge in [-0.25, -0.2) is 0 Å². The Morgan fingerprint density at radius 3 is 2.00 bits per heavy atom. The van der Waals surface area contributed by atoms with E-state index in [2.05, 4.69) is 36.8 Å². The maximum atomic E-state index is 7.21. The Bertz CT molecular complexity index is 283. The molecule has 0 fully saturated rings. The summed E-state index contributed by atoms with van der Waals surface area (Å²) in [4.78, 5) is 3.88. The van der Waals surface area contributed by atoms with E-state index < -0.39 is 0 Å². The average Bonchev–Trinajstić information content (AvgIpc) is 1.85. The SMILES string of the molecule is Cl.N=C(N)c1c(Br)cncc1Br. The van der Waals surface area contributed by atoms with Gasteiger partial charge in [-0.2, -0.15) is 0 Å². The van der Waals surface area contributed by atoms with Gasteiger partial charge in [0.1, 0.15) is 5.84 Å². The highest BCUT2D eigenvalue weighted by atomic mass is 79.9. The van der Waals surface area contributed by atoms with Crippen molar-refractivity contribution in [3.05, 3.63) is 26.9 Å². The summed E-state index contributed by atoms with van der Waals surface area (Å²) in [5, 5.41) is 7.21. The van der Waals surface area contributed by atoms with Crippen LogP contribution in [0, 0.1) is 5.41 Å². The lowest BCUT2D eigenvalue weighted by atomic mass is 10.2. The number of hydrogen-bond donors (Lipinski definition) is 2. The first kappa shape index (κ1) is 11.9. The minimum atomic E-state index is 0. The summed E-state index contributed by atoms with van der Waals surface area (Å²) in [5.41, 5.74) is 5.95. The van der Waals surface area contributed by atoms with E-state index in [0.29, 0.717) is 5.56 Å². The number of nitrogens with two attached hydrogens (primary N) is 1. The Hall–Kier alpha value is -0.130. The number of rotatable bonds is 1. The number of nitrogens with one attached hydrogen (secondary N) is 1. The number of halogens is 3. The lowest BCUT2D eigenvalue weighted by molar-refractivity contribution is 1.26. The maximum Gasteiger partial charge on any atom is 0.125 e. The van der Waals surface area contributed by atoms with Gasteiger partial charge >= 0.3 is 0 Å². The molecule has 0 spiro atoms. The van der Waals surface area contributed by atoms with Gasteiger partial charge in [-0.1, -0.05) is 0 Å². The summed E-state index contributed by atoms with van der Waals surface area (Å²) in [5.74, 6) is 0.0196. The standard InChI is InChI=1S/C6H5Br2N3.ClH/c7-3-1-11-2-4(8)5(3)6(9)10;/h1-2H,(H3,9,10);1H. The van der Waals surface area contributed by atoms with Gasteiger partial charge < -0.3 is 5.73 Å². The zero-order valence-corrected chi connectivity index (χ0v) is 9.83. The number of nitrogens with zero attached hydrogens (tertiary/aromatic N) is 1. The molecule has 0 saturated carbocycles. The minimum absolute atomic E-state index is 0. The number of aromatic nitrogens is 1. The Labute approximate surface area is 92.9 Å². The molecular formula is C6H6Br2ClN3. The van der Waals surface area contributed by atoms with Crippen LogP contribution in [0.3, 0.4) is 0 Å². The van der Waals surface area contributed by atoms with Crippen molar-refractivity contribution in [2.75, 3.05) is 0 Å². The lowest BCUT2D eigenvalue weighted by Crippen LogP contribution is -2.12. The van der Waals surface area contributed by atoms with E-state index in [9.17, 15) is 0 Å². The predicted molar refractivity (Wildman–Crippen MR) is 57.9 cm³/mol. The largest absolute Gasteiger partial charge is 0.384 e. The Morgan fingerprint density at radius 2 is 1.75 bits per heavy atom. The Morgan fingerprint density at radius 1 is 1.33 bits per heavy atom. The fourth-order valence-corrected chi connectivity index (χ4v) is 2.03. The molecule has 3 N–H and O–H groups in total. The second-order valence-corrected chi connectivity index (χ2v) is 3.60. The molecule has 0 aromatic carbocycles. The van der Waals surface area contributed by atoms with Crippen LogP contribution in [0.5, 0.6) is 0 Å². The van der Waals surface area contributed by atoms with Crippen LogP contribution in [0.4, 0.5) is 0 Å². The first-order chi connectivity index (χ1) is 5.13. The van der Waals surface area contributed by atoms with Crippen LogP contribution in [-0.2, 0) is 0 Å². The number of nitrogen functional groups attached to an aromatic ring is 1. The van der Waals surface area contributed by atoms with Crippen molar-refractivity contribution in [3.63, 3.8) is 0 Å². The molecule has 0 amide bonds. The Kier molecular flexibility index (Phi) is 4.74. The number of pyridine rings is 1. The van der Waals surface area contributed by atoms with Gasteiger partial charge in [0.2, 0.25) is 0 Å². The predicted octanol–water partition coefficient (Wildman–Crippen LogP) is 2.31. The molecule has 0 atom stereocenters. The molecule has 3 nitrogen and oxygen atoms in total. The average molecular weight is 315 g/mol. The van der Waals surface area contributed by atoms with Crippen LogP contribution in [0.2, 0.25) is 0 Å². The second-order valence-electron chi connectivity index (χ2n) is 1.89. The molecule has 6 heteroatoms. The third-order valence-corrected chi connectivity index (χ3v) is 2.33. The van der Waals surface area contributed by atoms with E-state index in [1.54, 1.807) is 12.4 Å². The van der Waals surface area contributed by atoms with Gasteiger partial charge in [0, 0.05) is 26.9 Å². The molecular weight excluding hydrogens is 309 g/mol. The molecule has 0 bridgehead atoms. The highest BCUT2D eigenvalue weighted by Gasteiger charge is 2.06. The summed E-state index contributed by atoms with van der Waals surface area (Å²) in [6.45, 7) is 0. The molecule has 1 rings (SSSR count). The highest BCUT2D eigenvalue weighted by Crippen LogP contribution is 2.22. The molecule has 66 valence electrons. The van der Waals surface area contributed by atoms with Gasteiger partial charge in [-0.05, 0) is 31.9 Å². The number of hydrogen-bond acceptors (Lipinski definition) is 2. The van der Waals surface area contributed by atoms with E-state index in [1.807, 2.05) is 0 Å². The molecule has 0 radical (unpaired) electrons. The van der Waals surface area contributed by atoms with E-state index in [-0.39, 0.29) is 18.2 Å². The molecule has 0 aliphatic rings. The van der Waals surface area contributed by atoms with E-state index >= 15 is 0 Å². The molecule has 0 aliphatic carbocycles. The molecule has 0 saturated heterocycles. The van der Waals surface area contributed by atoms with Gasteiger partial charge in [0.15, 0.2) is 0 Å². The van der Waals surface area contributed by atoms with E-state index in [4.69, 9.17) is 11.1 Å². The zero-order chi connectivity index (χ0) is 8.43. The quantitative estimate of drug-likeness (QED) is 0.617. The summed E-state index contributed by atoms with van der Waals surface area (Å²) >= 11 is 6.47. The van der Waals surface area contributed by atoms with Crippen molar-refractivity contribution >= 4 is 50.1 Å². The van der Waals surface area contributed by atoms with Gasteiger partial charge in [0.25, 0.3) is 0 Å². The summed E-state index contributed by atoms with van der Waals surface area (Å²) in [6.07, 6.45) is 3.20. The van der Waals surface area contributed by atoms with Crippen LogP contribution >= 0.6 is 44.3 Å². The normalized spacial score (nSPS) is 8.83. The lowest BCUT2D eigenvalue weighted by Gasteiger charge is -2.02. The van der Waals surface area contributed by atoms with Gasteiger partial charge in [-0.15, -0.1) is 12.4 Å². The second kappa shape index (κ2) is 4.79. The van der Waals surface area contributed by atoms with E-state index in [0.717, 1.165) is 8.95 Å². The summed E-state index contributed by atoms with van der Waals surface area (Å²) < 4.78 is 1.44. The highest BCUT2D eigenvalue weighted by molar-refractivity contribution is 9.11. The summed E-state index contributed by atoms with van der Waals surface area (Å²) in [7, 11) is 0. The van der Waals surface area contributed by atoms with Crippen molar-refractivity contribution in [1.82, 2.24) is 4.98 Å². The van der Waals surface area contributed by atoms with E-state index in [1.165, 1.54) is 0 Å². The molecule has 0 aliphatic heterocycles. The summed E-state index contributed by atoms with van der Waals surface area (Å²) in [6, 6.07) is 0.